The molecule has 3 aromatic carbocycles. The van der Waals surface area contributed by atoms with Crippen molar-refractivity contribution in [1.82, 2.24) is 4.98 Å². The highest BCUT2D eigenvalue weighted by atomic mass is 32.1. The highest BCUT2D eigenvalue weighted by Gasteiger charge is 2.18. The molecule has 0 aliphatic carbocycles. The number of carbonyl (C=O) groups excluding carboxylic acids is 2. The number of benzene rings is 3. The van der Waals surface area contributed by atoms with Gasteiger partial charge in [-0.25, -0.2) is 4.98 Å². The predicted octanol–water partition coefficient (Wildman–Crippen LogP) is 5.59. The first kappa shape index (κ1) is 22.6. The van der Waals surface area contributed by atoms with Crippen LogP contribution in [-0.2, 0) is 11.2 Å². The van der Waals surface area contributed by atoms with E-state index in [0.717, 1.165) is 32.9 Å². The number of aromatic nitrogens is 1. The van der Waals surface area contributed by atoms with Crippen molar-refractivity contribution >= 4 is 34.0 Å². The number of hydrogen-bond donors (Lipinski definition) is 2. The Morgan fingerprint density at radius 3 is 2.57 bits per heavy atom. The molecule has 0 radical (unpaired) electrons. The molecule has 0 saturated heterocycles. The van der Waals surface area contributed by atoms with E-state index in [4.69, 9.17) is 9.47 Å². The van der Waals surface area contributed by atoms with E-state index in [0.29, 0.717) is 22.2 Å². The van der Waals surface area contributed by atoms with Crippen LogP contribution >= 0.6 is 11.3 Å². The monoisotopic (exact) mass is 485 g/mol. The van der Waals surface area contributed by atoms with E-state index in [1.165, 1.54) is 11.3 Å². The summed E-state index contributed by atoms with van der Waals surface area (Å²) in [7, 11) is 0. The number of aryl methyl sites for hydroxylation is 2. The lowest BCUT2D eigenvalue weighted by molar-refractivity contribution is -0.115. The average molecular weight is 486 g/mol. The summed E-state index contributed by atoms with van der Waals surface area (Å²) in [4.78, 5) is 31.1. The fourth-order valence-electron chi connectivity index (χ4n) is 3.85. The van der Waals surface area contributed by atoms with Crippen LogP contribution in [0.4, 0.5) is 10.8 Å². The number of anilines is 2. The molecule has 0 saturated carbocycles. The van der Waals surface area contributed by atoms with Gasteiger partial charge < -0.3 is 20.1 Å². The molecule has 0 spiro atoms. The van der Waals surface area contributed by atoms with E-state index in [9.17, 15) is 9.59 Å². The van der Waals surface area contributed by atoms with Crippen molar-refractivity contribution in [3.63, 3.8) is 0 Å². The Hall–Kier alpha value is -4.17. The van der Waals surface area contributed by atoms with Gasteiger partial charge in [-0.1, -0.05) is 36.4 Å². The summed E-state index contributed by atoms with van der Waals surface area (Å²) in [6.07, 6.45) is 0.193. The Kier molecular flexibility index (Phi) is 6.20. The predicted molar refractivity (Wildman–Crippen MR) is 136 cm³/mol. The summed E-state index contributed by atoms with van der Waals surface area (Å²) in [5, 5.41) is 6.33. The first-order chi connectivity index (χ1) is 17.0. The minimum Gasteiger partial charge on any atom is -0.454 e. The fourth-order valence-corrected chi connectivity index (χ4v) is 4.70. The number of para-hydroxylation sites is 1. The number of carbonyl (C=O) groups is 2. The SMILES string of the molecule is Cc1ccc(-c2nc(NC(=O)Cc3ccc4c(c3)OCO4)sc2C)cc1C(=O)Nc1ccccc1. The lowest BCUT2D eigenvalue weighted by atomic mass is 10.0. The third kappa shape index (κ3) is 5.02. The molecule has 5 rings (SSSR count). The van der Waals surface area contributed by atoms with E-state index >= 15 is 0 Å². The van der Waals surface area contributed by atoms with E-state index in [1.54, 1.807) is 6.07 Å². The molecule has 2 heterocycles. The maximum absolute atomic E-state index is 12.9. The van der Waals surface area contributed by atoms with E-state index in [2.05, 4.69) is 15.6 Å². The summed E-state index contributed by atoms with van der Waals surface area (Å²) >= 11 is 1.40. The number of thiazole rings is 1. The van der Waals surface area contributed by atoms with Crippen LogP contribution in [0.2, 0.25) is 0 Å². The van der Waals surface area contributed by atoms with Gasteiger partial charge in [0.25, 0.3) is 5.91 Å². The van der Waals surface area contributed by atoms with Crippen LogP contribution in [0.25, 0.3) is 11.3 Å². The molecule has 0 atom stereocenters. The minimum atomic E-state index is -0.180. The van der Waals surface area contributed by atoms with Crippen LogP contribution in [0, 0.1) is 13.8 Å². The van der Waals surface area contributed by atoms with Crippen molar-refractivity contribution in [2.75, 3.05) is 17.4 Å². The summed E-state index contributed by atoms with van der Waals surface area (Å²) in [5.74, 6) is 0.982. The van der Waals surface area contributed by atoms with E-state index in [1.807, 2.05) is 74.5 Å². The Morgan fingerprint density at radius 1 is 0.943 bits per heavy atom. The highest BCUT2D eigenvalue weighted by molar-refractivity contribution is 7.16. The van der Waals surface area contributed by atoms with Crippen LogP contribution < -0.4 is 20.1 Å². The number of nitrogens with zero attached hydrogens (tertiary/aromatic N) is 1. The molecule has 2 amide bonds. The molecule has 0 bridgehead atoms. The maximum Gasteiger partial charge on any atom is 0.255 e. The number of amides is 2. The largest absolute Gasteiger partial charge is 0.454 e. The van der Waals surface area contributed by atoms with Crippen molar-refractivity contribution in [2.45, 2.75) is 20.3 Å². The molecular formula is C27H23N3O4S. The zero-order valence-electron chi connectivity index (χ0n) is 19.3. The van der Waals surface area contributed by atoms with Gasteiger partial charge in [0.2, 0.25) is 12.7 Å². The molecular weight excluding hydrogens is 462 g/mol. The second kappa shape index (κ2) is 9.60. The molecule has 1 aliphatic rings. The molecule has 7 nitrogen and oxygen atoms in total. The van der Waals surface area contributed by atoms with Crippen LogP contribution in [0.1, 0.15) is 26.4 Å². The molecule has 4 aromatic rings. The van der Waals surface area contributed by atoms with Crippen molar-refractivity contribution in [2.24, 2.45) is 0 Å². The summed E-state index contributed by atoms with van der Waals surface area (Å²) < 4.78 is 10.7. The molecule has 1 aromatic heterocycles. The zero-order valence-corrected chi connectivity index (χ0v) is 20.1. The fraction of sp³-hybridized carbons (Fsp3) is 0.148. The van der Waals surface area contributed by atoms with E-state index < -0.39 is 0 Å². The van der Waals surface area contributed by atoms with Gasteiger partial charge in [-0.15, -0.1) is 11.3 Å². The third-order valence-corrected chi connectivity index (χ3v) is 6.52. The number of fused-ring (bicyclic) bond motifs is 1. The molecule has 35 heavy (non-hydrogen) atoms. The summed E-state index contributed by atoms with van der Waals surface area (Å²) in [6.45, 7) is 4.05. The van der Waals surface area contributed by atoms with E-state index in [-0.39, 0.29) is 25.0 Å². The molecule has 0 unspecified atom stereocenters. The quantitative estimate of drug-likeness (QED) is 0.372. The maximum atomic E-state index is 12.9. The van der Waals surface area contributed by atoms with Gasteiger partial charge >= 0.3 is 0 Å². The van der Waals surface area contributed by atoms with Crippen molar-refractivity contribution < 1.29 is 19.1 Å². The van der Waals surface area contributed by atoms with Gasteiger partial charge in [-0.3, -0.25) is 9.59 Å². The second-order valence-corrected chi connectivity index (χ2v) is 9.39. The van der Waals surface area contributed by atoms with Crippen LogP contribution in [-0.4, -0.2) is 23.6 Å². The standard InChI is InChI=1S/C27H23N3O4S/c1-16-8-10-19(14-21(16)26(32)28-20-6-4-3-5-7-20)25-17(2)35-27(30-25)29-24(31)13-18-9-11-22-23(12-18)34-15-33-22/h3-12,14H,13,15H2,1-2H3,(H,28,32)(H,29,30,31). The number of rotatable bonds is 6. The third-order valence-electron chi connectivity index (χ3n) is 5.63. The summed E-state index contributed by atoms with van der Waals surface area (Å²) in [5.41, 5.74) is 4.56. The second-order valence-electron chi connectivity index (χ2n) is 8.19. The smallest absolute Gasteiger partial charge is 0.255 e. The van der Waals surface area contributed by atoms with Gasteiger partial charge in [-0.2, -0.15) is 0 Å². The normalized spacial score (nSPS) is 11.8. The lowest BCUT2D eigenvalue weighted by Gasteiger charge is -2.09. The van der Waals surface area contributed by atoms with Crippen LogP contribution in [0.3, 0.4) is 0 Å². The molecule has 176 valence electrons. The number of nitrogens with one attached hydrogen (secondary N) is 2. The number of hydrogen-bond acceptors (Lipinski definition) is 6. The van der Waals surface area contributed by atoms with Crippen LogP contribution in [0.5, 0.6) is 11.5 Å². The summed E-state index contributed by atoms with van der Waals surface area (Å²) in [6, 6.07) is 20.5. The zero-order chi connectivity index (χ0) is 24.4. The number of ether oxygens (including phenoxy) is 2. The topological polar surface area (TPSA) is 89.6 Å². The molecule has 2 N–H and O–H groups in total. The van der Waals surface area contributed by atoms with Gasteiger partial charge in [0.05, 0.1) is 12.1 Å². The lowest BCUT2D eigenvalue weighted by Crippen LogP contribution is -2.14. The van der Waals surface area contributed by atoms with Gasteiger partial charge in [0.1, 0.15) is 0 Å². The Labute approximate surface area is 206 Å². The highest BCUT2D eigenvalue weighted by Crippen LogP contribution is 2.34. The molecule has 0 fully saturated rings. The van der Waals surface area contributed by atoms with Crippen molar-refractivity contribution in [3.05, 3.63) is 88.3 Å². The average Bonchev–Trinajstić information content (AvgIpc) is 3.45. The molecule has 8 heteroatoms. The minimum absolute atomic E-state index is 0.170. The Balaban J connectivity index is 1.31. The van der Waals surface area contributed by atoms with Crippen molar-refractivity contribution in [1.29, 1.82) is 0 Å². The molecule has 1 aliphatic heterocycles. The van der Waals surface area contributed by atoms with Gasteiger partial charge in [-0.05, 0) is 55.3 Å². The first-order valence-electron chi connectivity index (χ1n) is 11.1. The van der Waals surface area contributed by atoms with Crippen LogP contribution in [0.15, 0.2) is 66.7 Å². The van der Waals surface area contributed by atoms with Crippen molar-refractivity contribution in [3.8, 4) is 22.8 Å². The van der Waals surface area contributed by atoms with Gasteiger partial charge in [0, 0.05) is 21.7 Å². The first-order valence-corrected chi connectivity index (χ1v) is 11.9. The Morgan fingerprint density at radius 2 is 1.74 bits per heavy atom. The Bertz CT molecular complexity index is 1420. The van der Waals surface area contributed by atoms with Gasteiger partial charge in [0.15, 0.2) is 16.6 Å².